The van der Waals surface area contributed by atoms with Crippen LogP contribution in [-0.2, 0) is 11.0 Å². The molecule has 1 aliphatic rings. The van der Waals surface area contributed by atoms with E-state index in [1.807, 2.05) is 0 Å². The van der Waals surface area contributed by atoms with Crippen LogP contribution in [0.4, 0.5) is 0 Å². The molecular weight excluding hydrogens is 242 g/mol. The van der Waals surface area contributed by atoms with Gasteiger partial charge in [-0.25, -0.2) is 0 Å². The third kappa shape index (κ3) is 3.25. The predicted octanol–water partition coefficient (Wildman–Crippen LogP) is -0.0335. The second-order valence-corrected chi connectivity index (χ2v) is 3.69. The van der Waals surface area contributed by atoms with Crippen LogP contribution >= 0.6 is 8.69 Å². The molecule has 0 amide bonds. The molecular formula is C13H10NaO2P. The molecule has 2 aromatic carbocycles. The van der Waals surface area contributed by atoms with Gasteiger partial charge in [-0.1, -0.05) is 48.6 Å². The molecule has 2 nitrogen and oxygen atoms in total. The summed E-state index contributed by atoms with van der Waals surface area (Å²) < 4.78 is 8.35. The van der Waals surface area contributed by atoms with Gasteiger partial charge in [0.05, 0.1) is 8.69 Å². The smallest absolute Gasteiger partial charge is 0.772 e. The first-order valence-electron chi connectivity index (χ1n) is 4.99. The van der Waals surface area contributed by atoms with E-state index in [4.69, 9.17) is 9.46 Å². The molecule has 80 valence electrons. The van der Waals surface area contributed by atoms with Crippen molar-refractivity contribution in [3.8, 4) is 0 Å². The van der Waals surface area contributed by atoms with Crippen LogP contribution in [0.25, 0.3) is 16.8 Å². The van der Waals surface area contributed by atoms with Gasteiger partial charge in [-0.05, 0) is 28.3 Å². The van der Waals surface area contributed by atoms with Crippen LogP contribution in [0.15, 0.2) is 42.5 Å². The standard InChI is InChI=1S/C13H10.Na.HO2P/c1-4-10-6-2-8-12-9-3-7-11(5-1)13(10)12;;1-3-2/h1-8H,9H2;;(H,1,2)/q;+1;/p-1. The second kappa shape index (κ2) is 7.05. The number of hydrogen-bond donors (Lipinski definition) is 0. The van der Waals surface area contributed by atoms with Crippen molar-refractivity contribution in [1.82, 2.24) is 0 Å². The SMILES string of the molecule is C1=Cc2cccc3cccc(c23)C1.O=P[O-].[Na+]. The van der Waals surface area contributed by atoms with Crippen molar-refractivity contribution in [3.63, 3.8) is 0 Å². The van der Waals surface area contributed by atoms with Gasteiger partial charge in [0.15, 0.2) is 0 Å². The van der Waals surface area contributed by atoms with E-state index in [1.165, 1.54) is 21.9 Å². The molecule has 0 aromatic heterocycles. The summed E-state index contributed by atoms with van der Waals surface area (Å²) in [4.78, 5) is 8.35. The molecule has 0 spiro atoms. The molecule has 2 aromatic rings. The Bertz CT molecular complexity index is 547. The average molecular weight is 252 g/mol. The summed E-state index contributed by atoms with van der Waals surface area (Å²) in [6.45, 7) is 0. The molecule has 0 aliphatic heterocycles. The summed E-state index contributed by atoms with van der Waals surface area (Å²) in [5.74, 6) is 0. The average Bonchev–Trinajstić information content (AvgIpc) is 2.31. The first-order valence-corrected chi connectivity index (χ1v) is 5.72. The zero-order valence-corrected chi connectivity index (χ0v) is 12.5. The summed E-state index contributed by atoms with van der Waals surface area (Å²) in [5, 5.41) is 2.80. The topological polar surface area (TPSA) is 40.1 Å². The van der Waals surface area contributed by atoms with Gasteiger partial charge in [0.1, 0.15) is 0 Å². The Kier molecular flexibility index (Phi) is 6.04. The summed E-state index contributed by atoms with van der Waals surface area (Å²) in [5.41, 5.74) is 2.81. The molecule has 0 unspecified atom stereocenters. The molecule has 0 saturated heterocycles. The summed E-state index contributed by atoms with van der Waals surface area (Å²) in [6, 6.07) is 13.0. The first kappa shape index (κ1) is 14.6. The van der Waals surface area contributed by atoms with Crippen LogP contribution in [0, 0.1) is 0 Å². The summed E-state index contributed by atoms with van der Waals surface area (Å²) >= 11 is 0. The van der Waals surface area contributed by atoms with Gasteiger partial charge in [0, 0.05) is 0 Å². The normalized spacial score (nSPS) is 11.6. The van der Waals surface area contributed by atoms with E-state index >= 15 is 0 Å². The van der Waals surface area contributed by atoms with Crippen molar-refractivity contribution in [2.75, 3.05) is 0 Å². The van der Waals surface area contributed by atoms with Crippen LogP contribution in [0.1, 0.15) is 11.1 Å². The van der Waals surface area contributed by atoms with Crippen molar-refractivity contribution in [2.45, 2.75) is 6.42 Å². The van der Waals surface area contributed by atoms with Crippen molar-refractivity contribution in [3.05, 3.63) is 53.6 Å². The number of rotatable bonds is 0. The Morgan fingerprint density at radius 1 is 1.12 bits per heavy atom. The largest absolute Gasteiger partial charge is 1.00 e. The van der Waals surface area contributed by atoms with Gasteiger partial charge in [0.25, 0.3) is 0 Å². The minimum atomic E-state index is -1.08. The molecule has 0 saturated carbocycles. The minimum absolute atomic E-state index is 0. The third-order valence-corrected chi connectivity index (χ3v) is 2.66. The molecule has 0 bridgehead atoms. The van der Waals surface area contributed by atoms with Gasteiger partial charge in [-0.3, -0.25) is 4.57 Å². The Morgan fingerprint density at radius 2 is 1.76 bits per heavy atom. The first-order chi connectivity index (χ1) is 7.86. The van der Waals surface area contributed by atoms with Gasteiger partial charge in [-0.15, -0.1) is 0 Å². The fraction of sp³-hybridized carbons (Fsp3) is 0.0769. The van der Waals surface area contributed by atoms with E-state index in [-0.39, 0.29) is 29.6 Å². The van der Waals surface area contributed by atoms with Crippen LogP contribution in [0.3, 0.4) is 0 Å². The molecule has 0 heterocycles. The van der Waals surface area contributed by atoms with Gasteiger partial charge >= 0.3 is 29.6 Å². The molecule has 17 heavy (non-hydrogen) atoms. The van der Waals surface area contributed by atoms with Crippen LogP contribution < -0.4 is 34.5 Å². The number of allylic oxidation sites excluding steroid dienone is 1. The fourth-order valence-electron chi connectivity index (χ4n) is 2.07. The molecule has 1 aliphatic carbocycles. The maximum atomic E-state index is 8.35. The molecule has 0 N–H and O–H groups in total. The Hall–Kier alpha value is -0.500. The molecule has 3 rings (SSSR count). The van der Waals surface area contributed by atoms with Crippen LogP contribution in [-0.4, -0.2) is 0 Å². The fourth-order valence-corrected chi connectivity index (χ4v) is 2.07. The molecule has 4 heteroatoms. The maximum absolute atomic E-state index is 8.35. The molecule has 0 atom stereocenters. The Morgan fingerprint density at radius 3 is 2.47 bits per heavy atom. The van der Waals surface area contributed by atoms with Crippen LogP contribution in [0.5, 0.6) is 0 Å². The molecule has 0 radical (unpaired) electrons. The van der Waals surface area contributed by atoms with Crippen LogP contribution in [0.2, 0.25) is 0 Å². The zero-order chi connectivity index (χ0) is 11.4. The third-order valence-electron chi connectivity index (χ3n) is 2.66. The molecule has 0 fully saturated rings. The number of hydrogen-bond acceptors (Lipinski definition) is 2. The monoisotopic (exact) mass is 252 g/mol. The van der Waals surface area contributed by atoms with Gasteiger partial charge in [0.2, 0.25) is 0 Å². The maximum Gasteiger partial charge on any atom is 1.00 e. The van der Waals surface area contributed by atoms with Crippen molar-refractivity contribution < 1.29 is 39.0 Å². The van der Waals surface area contributed by atoms with E-state index in [0.717, 1.165) is 6.42 Å². The minimum Gasteiger partial charge on any atom is -0.772 e. The predicted molar refractivity (Wildman–Crippen MR) is 64.3 cm³/mol. The van der Waals surface area contributed by atoms with E-state index in [1.54, 1.807) is 0 Å². The summed E-state index contributed by atoms with van der Waals surface area (Å²) in [7, 11) is -1.08. The van der Waals surface area contributed by atoms with E-state index in [9.17, 15) is 0 Å². The van der Waals surface area contributed by atoms with Crippen molar-refractivity contribution in [2.24, 2.45) is 0 Å². The van der Waals surface area contributed by atoms with Crippen molar-refractivity contribution >= 4 is 25.5 Å². The Balaban J connectivity index is 0.000000331. The number of benzene rings is 2. The zero-order valence-electron chi connectivity index (χ0n) is 9.59. The Labute approximate surface area is 124 Å². The van der Waals surface area contributed by atoms with E-state index in [0.29, 0.717) is 0 Å². The van der Waals surface area contributed by atoms with E-state index < -0.39 is 8.69 Å². The van der Waals surface area contributed by atoms with E-state index in [2.05, 4.69) is 48.6 Å². The van der Waals surface area contributed by atoms with Crippen molar-refractivity contribution in [1.29, 1.82) is 0 Å². The summed E-state index contributed by atoms with van der Waals surface area (Å²) in [6.07, 6.45) is 5.53. The quantitative estimate of drug-likeness (QED) is 0.488. The second-order valence-electron chi connectivity index (χ2n) is 3.54. The van der Waals surface area contributed by atoms with Gasteiger partial charge in [-0.2, -0.15) is 0 Å². The van der Waals surface area contributed by atoms with Gasteiger partial charge < -0.3 is 4.89 Å².